The molecule has 2 heterocycles. The highest BCUT2D eigenvalue weighted by molar-refractivity contribution is 6.31. The van der Waals surface area contributed by atoms with Crippen LogP contribution in [0.25, 0.3) is 54.8 Å². The zero-order valence-electron chi connectivity index (χ0n) is 16.1. The van der Waals surface area contributed by atoms with Crippen LogP contribution in [-0.2, 0) is 0 Å². The predicted octanol–water partition coefficient (Wildman–Crippen LogP) is 7.86. The normalized spacial score (nSPS) is 11.5. The number of hydrogen-bond acceptors (Lipinski definition) is 1. The number of rotatable bonds is 2. The number of nitrogens with zero attached hydrogens (tertiary/aromatic N) is 1. The van der Waals surface area contributed by atoms with Gasteiger partial charge < -0.3 is 4.98 Å². The lowest BCUT2D eigenvalue weighted by Gasteiger charge is -2.15. The van der Waals surface area contributed by atoms with E-state index in [1.54, 1.807) is 0 Å². The summed E-state index contributed by atoms with van der Waals surface area (Å²) in [4.78, 5) is 8.26. The lowest BCUT2D eigenvalue weighted by atomic mass is 9.90. The van der Waals surface area contributed by atoms with Crippen molar-refractivity contribution in [2.45, 2.75) is 0 Å². The molecule has 0 radical (unpaired) electrons. The zero-order chi connectivity index (χ0) is 20.1. The van der Waals surface area contributed by atoms with E-state index in [-0.39, 0.29) is 0 Å². The van der Waals surface area contributed by atoms with Crippen molar-refractivity contribution in [1.29, 1.82) is 0 Å². The summed E-state index contributed by atoms with van der Waals surface area (Å²) in [6.45, 7) is 0. The molecule has 1 N–H and O–H groups in total. The van der Waals surface area contributed by atoms with Crippen molar-refractivity contribution in [2.24, 2.45) is 0 Å². The minimum atomic E-state index is 0.731. The Kier molecular flexibility index (Phi) is 3.87. The largest absolute Gasteiger partial charge is 0.361 e. The van der Waals surface area contributed by atoms with Crippen LogP contribution in [0.1, 0.15) is 0 Å². The average Bonchev–Trinajstić information content (AvgIpc) is 3.21. The molecule has 2 nitrogen and oxygen atoms in total. The molecule has 0 aliphatic rings. The third-order valence-corrected chi connectivity index (χ3v) is 6.01. The minimum Gasteiger partial charge on any atom is -0.361 e. The molecule has 0 saturated heterocycles. The second-order valence-electron chi connectivity index (χ2n) is 7.48. The van der Waals surface area contributed by atoms with E-state index in [4.69, 9.17) is 16.6 Å². The fourth-order valence-corrected chi connectivity index (χ4v) is 4.56. The van der Waals surface area contributed by atoms with Crippen LogP contribution in [0, 0.1) is 0 Å². The van der Waals surface area contributed by atoms with Gasteiger partial charge in [-0.3, -0.25) is 4.98 Å². The highest BCUT2D eigenvalue weighted by Gasteiger charge is 2.17. The van der Waals surface area contributed by atoms with Gasteiger partial charge >= 0.3 is 0 Å². The van der Waals surface area contributed by atoms with Gasteiger partial charge in [0.25, 0.3) is 0 Å². The number of halogens is 1. The van der Waals surface area contributed by atoms with E-state index in [1.165, 1.54) is 16.2 Å². The van der Waals surface area contributed by atoms with Gasteiger partial charge in [0.1, 0.15) is 0 Å². The van der Waals surface area contributed by atoms with Gasteiger partial charge in [-0.25, -0.2) is 0 Å². The second-order valence-corrected chi connectivity index (χ2v) is 7.92. The van der Waals surface area contributed by atoms with Gasteiger partial charge in [0.15, 0.2) is 0 Å². The summed E-state index contributed by atoms with van der Waals surface area (Å²) in [5.74, 6) is 0. The van der Waals surface area contributed by atoms with Crippen molar-refractivity contribution in [3.63, 3.8) is 0 Å². The average molecular weight is 405 g/mol. The molecule has 0 spiro atoms. The minimum absolute atomic E-state index is 0.731. The van der Waals surface area contributed by atoms with E-state index in [9.17, 15) is 0 Å². The van der Waals surface area contributed by atoms with Crippen LogP contribution in [0.2, 0.25) is 5.02 Å². The summed E-state index contributed by atoms with van der Waals surface area (Å²) in [7, 11) is 0. The summed E-state index contributed by atoms with van der Waals surface area (Å²) in [5, 5.41) is 6.56. The van der Waals surface area contributed by atoms with Gasteiger partial charge in [-0.2, -0.15) is 0 Å². The van der Waals surface area contributed by atoms with Crippen LogP contribution >= 0.6 is 11.6 Å². The van der Waals surface area contributed by atoms with Gasteiger partial charge in [0.05, 0.1) is 5.69 Å². The van der Waals surface area contributed by atoms with Crippen molar-refractivity contribution < 1.29 is 0 Å². The molecular weight excluding hydrogens is 388 g/mol. The van der Waals surface area contributed by atoms with Gasteiger partial charge in [0.2, 0.25) is 0 Å². The fraction of sp³-hybridized carbons (Fsp3) is 0. The fourth-order valence-electron chi connectivity index (χ4n) is 4.39. The van der Waals surface area contributed by atoms with Crippen LogP contribution in [0.5, 0.6) is 0 Å². The molecule has 30 heavy (non-hydrogen) atoms. The Labute approximate surface area is 178 Å². The Morgan fingerprint density at radius 2 is 1.43 bits per heavy atom. The van der Waals surface area contributed by atoms with Gasteiger partial charge in [-0.1, -0.05) is 72.3 Å². The molecule has 0 fully saturated rings. The first-order chi connectivity index (χ1) is 14.8. The summed E-state index contributed by atoms with van der Waals surface area (Å²) in [5.41, 5.74) is 5.48. The van der Waals surface area contributed by atoms with Gasteiger partial charge in [0, 0.05) is 44.8 Å². The van der Waals surface area contributed by atoms with E-state index >= 15 is 0 Å². The monoisotopic (exact) mass is 404 g/mol. The Bertz CT molecular complexity index is 1560. The summed E-state index contributed by atoms with van der Waals surface area (Å²) >= 11 is 6.34. The predicted molar refractivity (Wildman–Crippen MR) is 127 cm³/mol. The lowest BCUT2D eigenvalue weighted by molar-refractivity contribution is 1.36. The quantitative estimate of drug-likeness (QED) is 0.312. The van der Waals surface area contributed by atoms with Crippen LogP contribution in [0.3, 0.4) is 0 Å². The van der Waals surface area contributed by atoms with Gasteiger partial charge in [-0.05, 0) is 46.0 Å². The summed E-state index contributed by atoms with van der Waals surface area (Å²) in [6, 6.07) is 29.3. The SMILES string of the molecule is Clc1ccc2[nH]cc(-c3ccc4ccccc4c3-c3nccc4ccccc34)c2c1. The van der Waals surface area contributed by atoms with Crippen molar-refractivity contribution in [1.82, 2.24) is 9.97 Å². The maximum atomic E-state index is 6.34. The molecule has 3 heteroatoms. The molecule has 0 aliphatic carbocycles. The van der Waals surface area contributed by atoms with Crippen LogP contribution in [0.4, 0.5) is 0 Å². The van der Waals surface area contributed by atoms with Crippen molar-refractivity contribution in [3.8, 4) is 22.4 Å². The number of aromatic amines is 1. The first-order valence-electron chi connectivity index (χ1n) is 9.92. The van der Waals surface area contributed by atoms with Crippen LogP contribution in [-0.4, -0.2) is 9.97 Å². The number of fused-ring (bicyclic) bond motifs is 3. The van der Waals surface area contributed by atoms with Gasteiger partial charge in [-0.15, -0.1) is 0 Å². The molecule has 0 atom stereocenters. The van der Waals surface area contributed by atoms with Crippen molar-refractivity contribution in [2.75, 3.05) is 0 Å². The highest BCUT2D eigenvalue weighted by atomic mass is 35.5. The lowest BCUT2D eigenvalue weighted by Crippen LogP contribution is -1.92. The van der Waals surface area contributed by atoms with E-state index < -0.39 is 0 Å². The highest BCUT2D eigenvalue weighted by Crippen LogP contribution is 2.42. The Morgan fingerprint density at radius 3 is 2.30 bits per heavy atom. The molecular formula is C27H17ClN2. The number of aromatic nitrogens is 2. The Hall–Kier alpha value is -3.62. The molecule has 2 aromatic heterocycles. The molecule has 4 aromatic carbocycles. The van der Waals surface area contributed by atoms with Crippen molar-refractivity contribution in [3.05, 3.63) is 102 Å². The molecule has 0 bridgehead atoms. The summed E-state index contributed by atoms with van der Waals surface area (Å²) in [6.07, 6.45) is 3.97. The van der Waals surface area contributed by atoms with Crippen LogP contribution in [0.15, 0.2) is 97.3 Å². The third kappa shape index (κ3) is 2.62. The number of nitrogens with one attached hydrogen (secondary N) is 1. The molecule has 0 unspecified atom stereocenters. The molecule has 0 amide bonds. The number of hydrogen-bond donors (Lipinski definition) is 1. The standard InChI is InChI=1S/C27H17ClN2/c28-19-10-12-25-23(15-19)24(16-30-25)22-11-9-17-5-1-3-7-20(17)26(22)27-21-8-4-2-6-18(21)13-14-29-27/h1-16,30H. The maximum absolute atomic E-state index is 6.34. The van der Waals surface area contributed by atoms with Crippen LogP contribution < -0.4 is 0 Å². The smallest absolute Gasteiger partial charge is 0.0792 e. The molecule has 6 aromatic rings. The van der Waals surface area contributed by atoms with E-state index in [0.29, 0.717) is 0 Å². The molecule has 142 valence electrons. The molecule has 0 aliphatic heterocycles. The third-order valence-electron chi connectivity index (χ3n) is 5.77. The number of H-pyrrole nitrogens is 1. The summed E-state index contributed by atoms with van der Waals surface area (Å²) < 4.78 is 0. The number of benzene rings is 4. The zero-order valence-corrected chi connectivity index (χ0v) is 16.8. The van der Waals surface area contributed by atoms with E-state index in [0.717, 1.165) is 43.7 Å². The van der Waals surface area contributed by atoms with E-state index in [2.05, 4.69) is 77.9 Å². The van der Waals surface area contributed by atoms with E-state index in [1.807, 2.05) is 24.4 Å². The maximum Gasteiger partial charge on any atom is 0.0792 e. The topological polar surface area (TPSA) is 28.7 Å². The van der Waals surface area contributed by atoms with Crippen molar-refractivity contribution >= 4 is 44.0 Å². The second kappa shape index (κ2) is 6.72. The molecule has 0 saturated carbocycles. The molecule has 6 rings (SSSR count). The Morgan fingerprint density at radius 1 is 0.667 bits per heavy atom. The Balaban J connectivity index is 1.77. The first kappa shape index (κ1) is 17.3. The number of pyridine rings is 1. The first-order valence-corrected chi connectivity index (χ1v) is 10.3.